The number of hydrogen-bond donors (Lipinski definition) is 0. The molecule has 5 rings (SSSR count). The smallest absolute Gasteiger partial charge is 0.00228 e. The molecule has 0 bridgehead atoms. The molecule has 0 saturated heterocycles. The average molecular weight is 407 g/mol. The molecule has 0 heterocycles. The minimum atomic E-state index is -1.61. The summed E-state index contributed by atoms with van der Waals surface area (Å²) in [7, 11) is -1.61. The maximum Gasteiger partial charge on any atom is 0.00228 e. The molecule has 2 aliphatic carbocycles. The number of fused-ring (bicyclic) bond motifs is 1. The molecule has 148 valence electrons. The summed E-state index contributed by atoms with van der Waals surface area (Å²) in [5, 5.41) is 0. The van der Waals surface area contributed by atoms with Gasteiger partial charge in [0.1, 0.15) is 0 Å². The number of hydrogen-bond acceptors (Lipinski definition) is 0. The Morgan fingerprint density at radius 1 is 0.767 bits per heavy atom. The van der Waals surface area contributed by atoms with Crippen LogP contribution in [0, 0.1) is 11.8 Å². The van der Waals surface area contributed by atoms with Crippen LogP contribution in [0.4, 0.5) is 0 Å². The third-order valence-electron chi connectivity index (χ3n) is 6.18. The highest BCUT2D eigenvalue weighted by molar-refractivity contribution is 8.37. The molecule has 0 aromatic heterocycles. The summed E-state index contributed by atoms with van der Waals surface area (Å²) >= 11 is 0. The van der Waals surface area contributed by atoms with E-state index in [2.05, 4.69) is 116 Å². The van der Waals surface area contributed by atoms with Crippen molar-refractivity contribution in [2.75, 3.05) is 0 Å². The van der Waals surface area contributed by atoms with Gasteiger partial charge in [-0.15, -0.1) is 10.0 Å². The fourth-order valence-electron chi connectivity index (χ4n) is 4.61. The Morgan fingerprint density at radius 3 is 1.67 bits per heavy atom. The summed E-state index contributed by atoms with van der Waals surface area (Å²) in [5.41, 5.74) is 2.43. The first-order valence-electron chi connectivity index (χ1n) is 10.5. The molecule has 2 atom stereocenters. The Morgan fingerprint density at radius 2 is 1.23 bits per heavy atom. The van der Waals surface area contributed by atoms with Gasteiger partial charge < -0.3 is 0 Å². The van der Waals surface area contributed by atoms with Crippen molar-refractivity contribution in [3.05, 3.63) is 138 Å². The standard InChI is InChI=1S/C29H26S/c1-3-22(2)28-21-27(19-23-20-29(23)28)30(24-13-7-4-8-14-24,25-15-9-5-10-16-25)26-17-11-6-12-18-26/h3-19,21,23,29H,1-2,20H2. The zero-order chi connectivity index (χ0) is 20.6. The van der Waals surface area contributed by atoms with E-state index in [9.17, 15) is 0 Å². The van der Waals surface area contributed by atoms with Crippen molar-refractivity contribution in [1.29, 1.82) is 0 Å². The molecule has 0 N–H and O–H groups in total. The second-order valence-corrected chi connectivity index (χ2v) is 11.1. The summed E-state index contributed by atoms with van der Waals surface area (Å²) in [4.78, 5) is 5.52. The third-order valence-corrected chi connectivity index (χ3v) is 10.1. The lowest BCUT2D eigenvalue weighted by atomic mass is 9.98. The summed E-state index contributed by atoms with van der Waals surface area (Å²) in [6.45, 7) is 8.30. The molecular weight excluding hydrogens is 380 g/mol. The number of allylic oxidation sites excluding steroid dienone is 5. The van der Waals surface area contributed by atoms with Gasteiger partial charge in [0.25, 0.3) is 0 Å². The quantitative estimate of drug-likeness (QED) is 0.362. The fourth-order valence-corrected chi connectivity index (χ4v) is 8.62. The van der Waals surface area contributed by atoms with Crippen LogP contribution >= 0.6 is 10.0 Å². The second-order valence-electron chi connectivity index (χ2n) is 7.96. The molecule has 2 unspecified atom stereocenters. The van der Waals surface area contributed by atoms with Gasteiger partial charge in [-0.2, -0.15) is 0 Å². The minimum Gasteiger partial charge on any atom is -0.133 e. The lowest BCUT2D eigenvalue weighted by molar-refractivity contribution is 0.922. The first-order chi connectivity index (χ1) is 14.7. The van der Waals surface area contributed by atoms with Crippen molar-refractivity contribution >= 4 is 10.0 Å². The topological polar surface area (TPSA) is 0 Å². The van der Waals surface area contributed by atoms with Crippen molar-refractivity contribution < 1.29 is 0 Å². The van der Waals surface area contributed by atoms with Crippen LogP contribution in [-0.2, 0) is 0 Å². The second kappa shape index (κ2) is 7.66. The van der Waals surface area contributed by atoms with Crippen molar-refractivity contribution in [3.8, 4) is 0 Å². The molecule has 0 spiro atoms. The zero-order valence-corrected chi connectivity index (χ0v) is 17.9. The van der Waals surface area contributed by atoms with Crippen LogP contribution in [0.2, 0.25) is 0 Å². The van der Waals surface area contributed by atoms with Crippen LogP contribution in [0.1, 0.15) is 6.42 Å². The van der Waals surface area contributed by atoms with E-state index in [4.69, 9.17) is 0 Å². The SMILES string of the molecule is C=CC(=C)C1=CC(S(c2ccccc2)(c2ccccc2)c2ccccc2)=CC2CC12. The van der Waals surface area contributed by atoms with E-state index < -0.39 is 10.0 Å². The summed E-state index contributed by atoms with van der Waals surface area (Å²) in [6.07, 6.45) is 8.11. The molecule has 2 aliphatic rings. The van der Waals surface area contributed by atoms with Gasteiger partial charge in [-0.05, 0) is 76.8 Å². The normalized spacial score (nSPS) is 20.4. The molecule has 0 aliphatic heterocycles. The lowest BCUT2D eigenvalue weighted by Gasteiger charge is -2.43. The van der Waals surface area contributed by atoms with E-state index >= 15 is 0 Å². The van der Waals surface area contributed by atoms with E-state index in [1.807, 2.05) is 6.08 Å². The molecule has 1 saturated carbocycles. The van der Waals surface area contributed by atoms with Gasteiger partial charge in [0.05, 0.1) is 0 Å². The van der Waals surface area contributed by atoms with E-state index in [-0.39, 0.29) is 0 Å². The fraction of sp³-hybridized carbons (Fsp3) is 0.103. The van der Waals surface area contributed by atoms with Crippen LogP contribution in [0.25, 0.3) is 0 Å². The Bertz CT molecular complexity index is 1040. The van der Waals surface area contributed by atoms with Gasteiger partial charge >= 0.3 is 0 Å². The average Bonchev–Trinajstić information content (AvgIpc) is 3.61. The highest BCUT2D eigenvalue weighted by atomic mass is 32.3. The highest BCUT2D eigenvalue weighted by Crippen LogP contribution is 2.75. The molecule has 0 amide bonds. The Balaban J connectivity index is 1.85. The monoisotopic (exact) mass is 406 g/mol. The maximum atomic E-state index is 4.30. The molecule has 1 fully saturated rings. The van der Waals surface area contributed by atoms with Gasteiger partial charge in [-0.3, -0.25) is 0 Å². The summed E-state index contributed by atoms with van der Waals surface area (Å²) in [5.74, 6) is 1.22. The van der Waals surface area contributed by atoms with Crippen molar-refractivity contribution in [2.45, 2.75) is 21.1 Å². The van der Waals surface area contributed by atoms with Gasteiger partial charge in [-0.25, -0.2) is 0 Å². The molecule has 3 aromatic rings. The van der Waals surface area contributed by atoms with Crippen LogP contribution in [0.5, 0.6) is 0 Å². The Labute approximate surface area is 181 Å². The van der Waals surface area contributed by atoms with E-state index in [0.29, 0.717) is 11.8 Å². The molecule has 3 aromatic carbocycles. The first kappa shape index (κ1) is 19.0. The number of benzene rings is 3. The van der Waals surface area contributed by atoms with Crippen LogP contribution in [0.3, 0.4) is 0 Å². The van der Waals surface area contributed by atoms with Crippen molar-refractivity contribution in [2.24, 2.45) is 11.8 Å². The highest BCUT2D eigenvalue weighted by Gasteiger charge is 2.45. The molecule has 30 heavy (non-hydrogen) atoms. The Hall–Kier alpha value is -3.03. The predicted octanol–water partition coefficient (Wildman–Crippen LogP) is 8.17. The van der Waals surface area contributed by atoms with E-state index in [1.54, 1.807) is 0 Å². The van der Waals surface area contributed by atoms with E-state index in [0.717, 1.165) is 5.57 Å². The van der Waals surface area contributed by atoms with Crippen LogP contribution in [-0.4, -0.2) is 0 Å². The molecular formula is C29H26S. The zero-order valence-electron chi connectivity index (χ0n) is 17.1. The number of rotatable bonds is 6. The largest absolute Gasteiger partial charge is 0.133 e. The van der Waals surface area contributed by atoms with Gasteiger partial charge in [0, 0.05) is 14.7 Å². The molecule has 0 nitrogen and oxygen atoms in total. The third kappa shape index (κ3) is 3.02. The minimum absolute atomic E-state index is 0.610. The van der Waals surface area contributed by atoms with Crippen molar-refractivity contribution in [1.82, 2.24) is 0 Å². The lowest BCUT2D eigenvalue weighted by Crippen LogP contribution is -2.09. The molecule has 0 radical (unpaired) electrons. The van der Waals surface area contributed by atoms with Crippen molar-refractivity contribution in [3.63, 3.8) is 0 Å². The van der Waals surface area contributed by atoms with Gasteiger partial charge in [0.15, 0.2) is 0 Å². The van der Waals surface area contributed by atoms with Gasteiger partial charge in [-0.1, -0.05) is 79.9 Å². The molecule has 1 heteroatoms. The Kier molecular flexibility index (Phi) is 4.84. The summed E-state index contributed by atoms with van der Waals surface area (Å²) < 4.78 is 0. The maximum absolute atomic E-state index is 4.30. The first-order valence-corrected chi connectivity index (χ1v) is 12.1. The van der Waals surface area contributed by atoms with Crippen LogP contribution in [0.15, 0.2) is 153 Å². The van der Waals surface area contributed by atoms with Gasteiger partial charge in [0.2, 0.25) is 0 Å². The van der Waals surface area contributed by atoms with Crippen LogP contribution < -0.4 is 0 Å². The van der Waals surface area contributed by atoms with E-state index in [1.165, 1.54) is 31.6 Å². The predicted molar refractivity (Wildman–Crippen MR) is 129 cm³/mol. The summed E-state index contributed by atoms with van der Waals surface area (Å²) in [6, 6.07) is 33.1.